The molecule has 6 aromatic rings. The van der Waals surface area contributed by atoms with Crippen LogP contribution in [0.1, 0.15) is 71.6 Å². The van der Waals surface area contributed by atoms with Crippen LogP contribution >= 0.6 is 11.8 Å². The van der Waals surface area contributed by atoms with Gasteiger partial charge in [0.15, 0.2) is 51.8 Å². The fraction of sp³-hybridized carbons (Fsp3) is 0.362. The number of Topliss-reactive ketones (excluding diaryl/α,β-unsaturated/α-hetero) is 1. The predicted molar refractivity (Wildman–Crippen MR) is 343 cm³/mol. The van der Waals surface area contributed by atoms with Gasteiger partial charge in [-0.3, -0.25) is 29.0 Å². The number of phenols is 2. The van der Waals surface area contributed by atoms with Gasteiger partial charge < -0.3 is 54.5 Å². The number of β-amino-alcohol motifs (C(OH)–C–C–N with tert-alkyl or cyclic N) is 1. The van der Waals surface area contributed by atoms with E-state index in [1.165, 1.54) is 66.8 Å². The number of aliphatic hydroxyl groups is 2. The Morgan fingerprint density at radius 2 is 1.22 bits per heavy atom. The number of benzene rings is 6. The summed E-state index contributed by atoms with van der Waals surface area (Å²) in [6.07, 6.45) is 9.29. The summed E-state index contributed by atoms with van der Waals surface area (Å²) in [4.78, 5) is 60.1. The van der Waals surface area contributed by atoms with Crippen LogP contribution in [0.25, 0.3) is 12.2 Å². The second-order valence-electron chi connectivity index (χ2n) is 21.8. The standard InChI is InChI=1S/C24H33N3O4.C24H30N2O2S.C21H20O6/c1-18-7-6-8-19(2)24(18)25-23(29)16-27-13-11-26(12-14-27)15-20(28)17-31-22-10-5-4-9-21(22)30-3;1-18(28)20-7-8-24-22(17-20)26(21-5-2-3-6-23(21)29-24)13-4-12-25-14-9-19(10-15-25)11-16-27;1-26-20-11-14(5-9-18(20)24)3-7-16(22)13-17(23)8-4-15-6-10-19(25)21(12-15)27-2/h4-10,20,28H,11-17H2,1-3H3,(H,25,29);2-3,5-8,17,19,27H,4,9-16H2,1H3;3-12,24-25H,13H2,1-2H3/b;;7-3+,8-4+. The fourth-order valence-corrected chi connectivity index (χ4v) is 11.6. The number of aryl methyl sites for hydroxylation is 2. The van der Waals surface area contributed by atoms with Gasteiger partial charge in [0.25, 0.3) is 0 Å². The zero-order valence-electron chi connectivity index (χ0n) is 50.8. The second-order valence-corrected chi connectivity index (χ2v) is 22.8. The molecule has 1 amide bonds. The van der Waals surface area contributed by atoms with Gasteiger partial charge in [-0.25, -0.2) is 0 Å². The van der Waals surface area contributed by atoms with Crippen LogP contribution in [0.5, 0.6) is 34.5 Å². The number of fused-ring (bicyclic) bond motifs is 2. The van der Waals surface area contributed by atoms with Gasteiger partial charge in [-0.15, -0.1) is 0 Å². The van der Waals surface area contributed by atoms with Crippen molar-refractivity contribution in [2.24, 2.45) is 5.92 Å². The van der Waals surface area contributed by atoms with Crippen LogP contribution in [-0.4, -0.2) is 164 Å². The predicted octanol–water partition coefficient (Wildman–Crippen LogP) is 10.7. The van der Waals surface area contributed by atoms with Crippen molar-refractivity contribution in [3.05, 3.63) is 161 Å². The average molecular weight is 1210 g/mol. The van der Waals surface area contributed by atoms with E-state index < -0.39 is 6.10 Å². The van der Waals surface area contributed by atoms with Crippen molar-refractivity contribution < 1.29 is 58.6 Å². The highest BCUT2D eigenvalue weighted by atomic mass is 32.2. The Balaban J connectivity index is 0.000000187. The molecule has 3 heterocycles. The average Bonchev–Trinajstić information content (AvgIpc) is 3.12. The summed E-state index contributed by atoms with van der Waals surface area (Å²) in [6.45, 7) is 14.6. The number of para-hydroxylation sites is 4. The molecule has 5 N–H and O–H groups in total. The molecule has 0 radical (unpaired) electrons. The Kier molecular flexibility index (Phi) is 25.9. The van der Waals surface area contributed by atoms with E-state index in [0.29, 0.717) is 59.7 Å². The molecule has 2 saturated heterocycles. The molecule has 1 atom stereocenters. The highest BCUT2D eigenvalue weighted by Crippen LogP contribution is 2.48. The number of piperazine rings is 1. The number of methoxy groups -OCH3 is 3. The Bertz CT molecular complexity index is 3220. The lowest BCUT2D eigenvalue weighted by molar-refractivity contribution is -0.122. The lowest BCUT2D eigenvalue weighted by Crippen LogP contribution is -2.50. The monoisotopic (exact) mass is 1210 g/mol. The van der Waals surface area contributed by atoms with Gasteiger partial charge in [0, 0.05) is 66.9 Å². The molecular weight excluding hydrogens is 1120 g/mol. The van der Waals surface area contributed by atoms with Crippen molar-refractivity contribution in [1.82, 2.24) is 14.7 Å². The minimum absolute atomic E-state index is 0.00662. The maximum atomic E-state index is 12.5. The van der Waals surface area contributed by atoms with Crippen LogP contribution in [0.4, 0.5) is 17.1 Å². The van der Waals surface area contributed by atoms with Gasteiger partial charge in [-0.2, -0.15) is 0 Å². The molecule has 462 valence electrons. The number of likely N-dealkylation sites (tertiary alicyclic amines) is 1. The minimum Gasteiger partial charge on any atom is -0.504 e. The van der Waals surface area contributed by atoms with E-state index in [-0.39, 0.29) is 47.8 Å². The first-order chi connectivity index (χ1) is 42.0. The Hall–Kier alpha value is -7.97. The van der Waals surface area contributed by atoms with Gasteiger partial charge >= 0.3 is 0 Å². The molecule has 1 unspecified atom stereocenters. The number of carbonyl (C=O) groups excluding carboxylic acids is 4. The largest absolute Gasteiger partial charge is 0.504 e. The van der Waals surface area contributed by atoms with Gasteiger partial charge in [-0.05, 0) is 167 Å². The van der Waals surface area contributed by atoms with Crippen molar-refractivity contribution in [3.8, 4) is 34.5 Å². The van der Waals surface area contributed by atoms with Crippen LogP contribution < -0.4 is 29.2 Å². The number of ketones is 3. The van der Waals surface area contributed by atoms with E-state index in [1.807, 2.05) is 62.4 Å². The van der Waals surface area contributed by atoms with E-state index in [4.69, 9.17) is 24.1 Å². The molecule has 0 aromatic heterocycles. The first-order valence-electron chi connectivity index (χ1n) is 29.5. The van der Waals surface area contributed by atoms with Crippen LogP contribution in [0, 0.1) is 19.8 Å². The molecule has 87 heavy (non-hydrogen) atoms. The quantitative estimate of drug-likeness (QED) is 0.0217. The van der Waals surface area contributed by atoms with Crippen LogP contribution in [-0.2, 0) is 14.4 Å². The number of nitrogens with one attached hydrogen (secondary N) is 1. The maximum absolute atomic E-state index is 12.5. The van der Waals surface area contributed by atoms with Crippen molar-refractivity contribution in [2.45, 2.75) is 68.8 Å². The summed E-state index contributed by atoms with van der Waals surface area (Å²) >= 11 is 1.79. The molecule has 9 rings (SSSR count). The number of nitrogens with zero attached hydrogens (tertiary/aromatic N) is 4. The summed E-state index contributed by atoms with van der Waals surface area (Å²) < 4.78 is 21.0. The first-order valence-corrected chi connectivity index (χ1v) is 30.3. The number of piperidine rings is 1. The summed E-state index contributed by atoms with van der Waals surface area (Å²) in [7, 11) is 4.46. The number of phenolic OH excluding ortho intramolecular Hbond substituents is 2. The summed E-state index contributed by atoms with van der Waals surface area (Å²) in [5.74, 6) is 2.02. The molecule has 6 aromatic carbocycles. The van der Waals surface area contributed by atoms with Crippen LogP contribution in [0.3, 0.4) is 0 Å². The number of amides is 1. The fourth-order valence-electron chi connectivity index (χ4n) is 10.5. The van der Waals surface area contributed by atoms with Crippen molar-refractivity contribution >= 4 is 64.2 Å². The number of hydrogen-bond donors (Lipinski definition) is 5. The van der Waals surface area contributed by atoms with Gasteiger partial charge in [0.05, 0.1) is 45.7 Å². The van der Waals surface area contributed by atoms with Gasteiger partial charge in [-0.1, -0.05) is 84.6 Å². The highest BCUT2D eigenvalue weighted by Gasteiger charge is 2.26. The zero-order chi connectivity index (χ0) is 62.2. The van der Waals surface area contributed by atoms with E-state index in [1.54, 1.807) is 62.2 Å². The lowest BCUT2D eigenvalue weighted by atomic mass is 9.94. The maximum Gasteiger partial charge on any atom is 0.238 e. The molecule has 0 aliphatic carbocycles. The lowest BCUT2D eigenvalue weighted by Gasteiger charge is -2.35. The van der Waals surface area contributed by atoms with Crippen LogP contribution in [0.2, 0.25) is 0 Å². The Morgan fingerprint density at radius 3 is 1.82 bits per heavy atom. The molecule has 3 aliphatic rings. The molecule has 3 aliphatic heterocycles. The van der Waals surface area contributed by atoms with E-state index >= 15 is 0 Å². The van der Waals surface area contributed by atoms with Crippen molar-refractivity contribution in [3.63, 3.8) is 0 Å². The van der Waals surface area contributed by atoms with Crippen molar-refractivity contribution in [2.75, 3.05) is 110 Å². The third-order valence-corrected chi connectivity index (χ3v) is 16.5. The van der Waals surface area contributed by atoms with E-state index in [2.05, 4.69) is 61.3 Å². The second kappa shape index (κ2) is 33.8. The highest BCUT2D eigenvalue weighted by molar-refractivity contribution is 7.99. The number of hydrogen-bond acceptors (Lipinski definition) is 17. The molecule has 17 nitrogen and oxygen atoms in total. The number of carbonyl (C=O) groups is 4. The summed E-state index contributed by atoms with van der Waals surface area (Å²) in [5.41, 5.74) is 7.55. The number of aromatic hydroxyl groups is 2. The molecular formula is C69H83N5O12S. The van der Waals surface area contributed by atoms with E-state index in [9.17, 15) is 34.5 Å². The molecule has 0 saturated carbocycles. The summed E-state index contributed by atoms with van der Waals surface area (Å²) in [6, 6.07) is 37.4. The number of anilines is 3. The topological polar surface area (TPSA) is 211 Å². The first kappa shape index (κ1) is 66.6. The number of rotatable bonds is 24. The number of ether oxygens (including phenoxy) is 4. The summed E-state index contributed by atoms with van der Waals surface area (Å²) in [5, 5.41) is 41.6. The molecule has 0 spiro atoms. The third-order valence-electron chi connectivity index (χ3n) is 15.4. The van der Waals surface area contributed by atoms with Gasteiger partial charge in [0.2, 0.25) is 5.91 Å². The number of allylic oxidation sites excluding steroid dienone is 2. The zero-order valence-corrected chi connectivity index (χ0v) is 51.6. The molecule has 0 bridgehead atoms. The third kappa shape index (κ3) is 20.3. The van der Waals surface area contributed by atoms with Gasteiger partial charge in [0.1, 0.15) is 12.7 Å². The van der Waals surface area contributed by atoms with Crippen LogP contribution in [0.15, 0.2) is 143 Å². The van der Waals surface area contributed by atoms with Crippen molar-refractivity contribution in [1.29, 1.82) is 0 Å². The molecule has 18 heteroatoms. The number of aliphatic hydroxyl groups excluding tert-OH is 2. The normalized spacial score (nSPS) is 14.8. The molecule has 2 fully saturated rings. The smallest absolute Gasteiger partial charge is 0.238 e. The van der Waals surface area contributed by atoms with E-state index in [0.717, 1.165) is 93.3 Å². The minimum atomic E-state index is -0.594. The SMILES string of the molecule is CC(=O)c1ccc2c(c1)N(CCCN1CCC(CCO)CC1)c1ccccc1S2.COc1cc(/C=C/C(=O)CC(=O)/C=C/c2ccc(O)c(OC)c2)ccc1O.COc1ccccc1OCC(O)CN1CCN(CC(=O)Nc2c(C)cccc2C)CC1. The Labute approximate surface area is 515 Å². The Morgan fingerprint density at radius 1 is 0.644 bits per heavy atom.